The lowest BCUT2D eigenvalue weighted by molar-refractivity contribution is -0.125. The molecule has 3 aromatic carbocycles. The summed E-state index contributed by atoms with van der Waals surface area (Å²) in [5.41, 5.74) is 1.19. The number of carbonyl (C=O) groups excluding carboxylic acids is 4. The molecule has 12 heteroatoms. The Labute approximate surface area is 274 Å². The van der Waals surface area contributed by atoms with Gasteiger partial charge in [0.1, 0.15) is 11.6 Å². The van der Waals surface area contributed by atoms with E-state index in [-0.39, 0.29) is 29.8 Å². The number of hydrogen-bond donors (Lipinski definition) is 1. The maximum Gasteiger partial charge on any atom is 0.258 e. The van der Waals surface area contributed by atoms with E-state index >= 15 is 0 Å². The number of benzene rings is 3. The van der Waals surface area contributed by atoms with Crippen LogP contribution in [-0.4, -0.2) is 38.5 Å². The molecule has 1 N–H and O–H groups in total. The fraction of sp³-hybridized carbons (Fsp3) is 0.250. The zero-order valence-electron chi connectivity index (χ0n) is 22.5. The van der Waals surface area contributed by atoms with E-state index in [4.69, 9.17) is 34.8 Å². The molecule has 3 fully saturated rings. The maximum absolute atomic E-state index is 14.4. The first kappa shape index (κ1) is 29.5. The Kier molecular flexibility index (Phi) is 6.79. The van der Waals surface area contributed by atoms with Crippen molar-refractivity contribution in [2.75, 3.05) is 9.80 Å². The van der Waals surface area contributed by atoms with Crippen molar-refractivity contribution in [1.82, 2.24) is 0 Å². The summed E-state index contributed by atoms with van der Waals surface area (Å²) in [6.45, 7) is 0. The van der Waals surface area contributed by atoms with Crippen molar-refractivity contribution in [1.29, 1.82) is 0 Å². The molecule has 0 bridgehead atoms. The Morgan fingerprint density at radius 2 is 1.48 bits per heavy atom. The molecule has 0 aromatic heterocycles. The normalized spacial score (nSPS) is 31.2. The number of imide groups is 2. The van der Waals surface area contributed by atoms with Gasteiger partial charge in [0, 0.05) is 21.0 Å². The first-order valence-corrected chi connectivity index (χ1v) is 15.7. The number of allylic oxidation sites excluding steroid dienone is 2. The Morgan fingerprint density at radius 3 is 2.16 bits per heavy atom. The molecule has 0 radical (unpaired) electrons. The van der Waals surface area contributed by atoms with Gasteiger partial charge in [-0.1, -0.05) is 39.2 Å². The second kappa shape index (κ2) is 10.1. The third-order valence-electron chi connectivity index (χ3n) is 9.28. The van der Waals surface area contributed by atoms with Crippen molar-refractivity contribution < 1.29 is 28.7 Å². The number of halogens is 5. The number of phenols is 1. The lowest BCUT2D eigenvalue weighted by atomic mass is 9.56. The molecule has 0 unspecified atom stereocenters. The summed E-state index contributed by atoms with van der Waals surface area (Å²) in [6.07, 6.45) is 1.72. The highest BCUT2D eigenvalue weighted by atomic mass is 79.9. The van der Waals surface area contributed by atoms with Crippen LogP contribution >= 0.6 is 50.7 Å². The molecule has 224 valence electrons. The van der Waals surface area contributed by atoms with E-state index in [2.05, 4.69) is 15.9 Å². The minimum atomic E-state index is -2.14. The number of nitrogens with zero attached hydrogens (tertiary/aromatic N) is 2. The van der Waals surface area contributed by atoms with Gasteiger partial charge >= 0.3 is 0 Å². The van der Waals surface area contributed by atoms with Gasteiger partial charge < -0.3 is 5.11 Å². The fourth-order valence-corrected chi connectivity index (χ4v) is 8.78. The highest BCUT2D eigenvalue weighted by Gasteiger charge is 2.77. The molecule has 7 nitrogen and oxygen atoms in total. The molecular weight excluding hydrogens is 698 g/mol. The van der Waals surface area contributed by atoms with Crippen LogP contribution in [0.15, 0.2) is 82.9 Å². The number of phenolic OH excluding ortho intramolecular Hbond substituents is 1. The molecule has 2 aliphatic heterocycles. The largest absolute Gasteiger partial charge is 0.508 e. The Morgan fingerprint density at radius 1 is 0.841 bits per heavy atom. The standard InChI is InChI=1S/C32H21BrCl3FN2O5/c33-15-1-12-24(40)22(13-15)26-20-10-11-21-25(28(42)38(27(21)41)18-6-2-16(34)3-7-18)23(20)14-31(35)29(43)39(30(44)32(26,31)36)19-8-4-17(37)5-9-19/h1-10,12-13,21,23,25-26,40H,11,14H2/t21-,23+,25-,26+,31+,32-/m0/s1. The molecule has 44 heavy (non-hydrogen) atoms. The molecule has 2 saturated heterocycles. The van der Waals surface area contributed by atoms with Crippen LogP contribution in [0.5, 0.6) is 5.75 Å². The van der Waals surface area contributed by atoms with E-state index in [1.165, 1.54) is 18.2 Å². The van der Waals surface area contributed by atoms with Crippen LogP contribution in [0.25, 0.3) is 0 Å². The summed E-state index contributed by atoms with van der Waals surface area (Å²) in [5.74, 6) is -6.89. The van der Waals surface area contributed by atoms with Crippen molar-refractivity contribution >= 4 is 85.7 Å². The van der Waals surface area contributed by atoms with Crippen molar-refractivity contribution in [3.63, 3.8) is 0 Å². The summed E-state index contributed by atoms with van der Waals surface area (Å²) in [5, 5.41) is 11.6. The molecule has 3 aromatic rings. The van der Waals surface area contributed by atoms with Gasteiger partial charge in [-0.05, 0) is 85.5 Å². The van der Waals surface area contributed by atoms with E-state index in [0.717, 1.165) is 21.9 Å². The van der Waals surface area contributed by atoms with Crippen LogP contribution in [0, 0.1) is 23.6 Å². The van der Waals surface area contributed by atoms with E-state index in [1.807, 2.05) is 0 Å². The van der Waals surface area contributed by atoms with Gasteiger partial charge in [-0.2, -0.15) is 0 Å². The summed E-state index contributed by atoms with van der Waals surface area (Å²) in [4.78, 5) is 54.1. The lowest BCUT2D eigenvalue weighted by Crippen LogP contribution is -2.60. The zero-order chi connectivity index (χ0) is 31.3. The van der Waals surface area contributed by atoms with Gasteiger partial charge in [-0.15, -0.1) is 23.2 Å². The smallest absolute Gasteiger partial charge is 0.258 e. The van der Waals surface area contributed by atoms with Crippen LogP contribution in [0.2, 0.25) is 5.02 Å². The second-order valence-electron chi connectivity index (χ2n) is 11.4. The van der Waals surface area contributed by atoms with Gasteiger partial charge in [0.25, 0.3) is 11.8 Å². The first-order valence-electron chi connectivity index (χ1n) is 13.7. The first-order chi connectivity index (χ1) is 20.9. The Balaban J connectivity index is 1.41. The minimum Gasteiger partial charge on any atom is -0.508 e. The predicted octanol–water partition coefficient (Wildman–Crippen LogP) is 6.72. The van der Waals surface area contributed by atoms with Crippen LogP contribution in [0.4, 0.5) is 15.8 Å². The summed E-state index contributed by atoms with van der Waals surface area (Å²) >= 11 is 24.1. The molecular formula is C32H21BrCl3FN2O5. The van der Waals surface area contributed by atoms with Crippen molar-refractivity contribution in [3.8, 4) is 5.75 Å². The highest BCUT2D eigenvalue weighted by molar-refractivity contribution is 9.10. The minimum absolute atomic E-state index is 0.0731. The molecule has 2 heterocycles. The number of aromatic hydroxyl groups is 1. The number of hydrogen-bond acceptors (Lipinski definition) is 5. The number of anilines is 2. The van der Waals surface area contributed by atoms with E-state index in [0.29, 0.717) is 20.8 Å². The number of rotatable bonds is 3. The van der Waals surface area contributed by atoms with Crippen LogP contribution in [0.3, 0.4) is 0 Å². The van der Waals surface area contributed by atoms with Crippen LogP contribution in [-0.2, 0) is 19.2 Å². The average molecular weight is 719 g/mol. The number of carbonyl (C=O) groups is 4. The van der Waals surface area contributed by atoms with Crippen molar-refractivity contribution in [2.45, 2.75) is 28.5 Å². The summed E-state index contributed by atoms with van der Waals surface area (Å²) < 4.78 is 14.4. The SMILES string of the molecule is O=C1[C@H]2[C@H](CC=C3[C@H]2C[C@@]2(Cl)C(=O)N(c4ccc(F)cc4)C(=O)[C@@]2(Cl)[C@H]3c2cc(Br)ccc2O)C(=O)N1c1ccc(Cl)cc1. The molecule has 2 aliphatic carbocycles. The van der Waals surface area contributed by atoms with Crippen LogP contribution < -0.4 is 9.80 Å². The van der Waals surface area contributed by atoms with Gasteiger partial charge in [0.2, 0.25) is 11.8 Å². The quantitative estimate of drug-likeness (QED) is 0.185. The van der Waals surface area contributed by atoms with E-state index in [9.17, 15) is 28.7 Å². The summed E-state index contributed by atoms with van der Waals surface area (Å²) in [6, 6.07) is 15.7. The number of amides is 4. The van der Waals surface area contributed by atoms with Gasteiger partial charge in [0.05, 0.1) is 23.2 Å². The highest BCUT2D eigenvalue weighted by Crippen LogP contribution is 2.66. The Hall–Kier alpha value is -3.24. The third kappa shape index (κ3) is 3.92. The van der Waals surface area contributed by atoms with Crippen molar-refractivity contribution in [2.24, 2.45) is 17.8 Å². The number of fused-ring (bicyclic) bond motifs is 4. The second-order valence-corrected chi connectivity index (χ2v) is 14.0. The average Bonchev–Trinajstić information content (AvgIpc) is 3.33. The maximum atomic E-state index is 14.4. The topological polar surface area (TPSA) is 95.0 Å². The molecule has 4 amide bonds. The summed E-state index contributed by atoms with van der Waals surface area (Å²) in [7, 11) is 0. The molecule has 4 aliphatic rings. The molecule has 7 rings (SSSR count). The monoisotopic (exact) mass is 716 g/mol. The Bertz CT molecular complexity index is 1820. The third-order valence-corrected chi connectivity index (χ3v) is 11.4. The lowest BCUT2D eigenvalue weighted by Gasteiger charge is -2.50. The van der Waals surface area contributed by atoms with Gasteiger partial charge in [-0.3, -0.25) is 24.1 Å². The fourth-order valence-electron chi connectivity index (χ4n) is 7.35. The molecule has 0 spiro atoms. The molecule has 6 atom stereocenters. The van der Waals surface area contributed by atoms with Gasteiger partial charge in [-0.25, -0.2) is 9.29 Å². The predicted molar refractivity (Wildman–Crippen MR) is 166 cm³/mol. The van der Waals surface area contributed by atoms with Gasteiger partial charge in [0.15, 0.2) is 9.75 Å². The zero-order valence-corrected chi connectivity index (χ0v) is 26.4. The van der Waals surface area contributed by atoms with Crippen LogP contribution in [0.1, 0.15) is 24.3 Å². The number of alkyl halides is 2. The van der Waals surface area contributed by atoms with E-state index < -0.39 is 62.9 Å². The molecule has 1 saturated carbocycles. The van der Waals surface area contributed by atoms with E-state index in [1.54, 1.807) is 42.5 Å². The van der Waals surface area contributed by atoms with Crippen molar-refractivity contribution in [3.05, 3.63) is 99.3 Å².